The smallest absolute Gasteiger partial charge is 0.102 e. The van der Waals surface area contributed by atoms with E-state index in [0.29, 0.717) is 17.7 Å². The lowest BCUT2D eigenvalue weighted by Crippen LogP contribution is -2.13. The van der Waals surface area contributed by atoms with E-state index in [0.717, 1.165) is 11.1 Å². The number of anilines is 1. The fourth-order valence-corrected chi connectivity index (χ4v) is 1.40. The quantitative estimate of drug-likeness (QED) is 0.586. The van der Waals surface area contributed by atoms with E-state index in [2.05, 4.69) is 13.2 Å². The number of allylic oxidation sites excluding steroid dienone is 2. The van der Waals surface area contributed by atoms with Gasteiger partial charge >= 0.3 is 0 Å². The molecule has 0 fully saturated rings. The summed E-state index contributed by atoms with van der Waals surface area (Å²) in [5, 5.41) is 18.3. The van der Waals surface area contributed by atoms with Crippen LogP contribution in [0.25, 0.3) is 5.57 Å². The van der Waals surface area contributed by atoms with E-state index in [9.17, 15) is 0 Å². The van der Waals surface area contributed by atoms with Crippen LogP contribution in [0.3, 0.4) is 0 Å². The standard InChI is InChI=1S/C12H15NO2/c1-4-5-10-6-7-11(9(2)3)12(8-10)13(14)15/h4,6-8,14-15H,1-2,5H2,3H3. The molecule has 0 spiro atoms. The Labute approximate surface area is 89.5 Å². The van der Waals surface area contributed by atoms with Gasteiger partial charge in [-0.25, -0.2) is 0 Å². The van der Waals surface area contributed by atoms with Crippen LogP contribution in [0.4, 0.5) is 5.69 Å². The number of benzene rings is 1. The lowest BCUT2D eigenvalue weighted by Gasteiger charge is -2.14. The zero-order valence-corrected chi connectivity index (χ0v) is 8.77. The monoisotopic (exact) mass is 205 g/mol. The summed E-state index contributed by atoms with van der Waals surface area (Å²) in [6.07, 6.45) is 2.45. The first-order valence-electron chi connectivity index (χ1n) is 4.64. The Kier molecular flexibility index (Phi) is 3.66. The summed E-state index contributed by atoms with van der Waals surface area (Å²) in [5.41, 5.74) is 2.80. The van der Waals surface area contributed by atoms with Gasteiger partial charge in [-0.3, -0.25) is 10.4 Å². The number of hydrogen-bond acceptors (Lipinski definition) is 3. The molecule has 15 heavy (non-hydrogen) atoms. The van der Waals surface area contributed by atoms with Crippen LogP contribution in [0.2, 0.25) is 0 Å². The zero-order chi connectivity index (χ0) is 11.4. The predicted molar refractivity (Wildman–Crippen MR) is 61.1 cm³/mol. The Morgan fingerprint density at radius 1 is 1.47 bits per heavy atom. The maximum atomic E-state index is 9.07. The van der Waals surface area contributed by atoms with Crippen molar-refractivity contribution in [3.8, 4) is 0 Å². The Morgan fingerprint density at radius 2 is 2.13 bits per heavy atom. The van der Waals surface area contributed by atoms with Crippen molar-refractivity contribution in [3.63, 3.8) is 0 Å². The van der Waals surface area contributed by atoms with Crippen LogP contribution >= 0.6 is 0 Å². The highest BCUT2D eigenvalue weighted by molar-refractivity contribution is 5.73. The van der Waals surface area contributed by atoms with E-state index in [-0.39, 0.29) is 5.23 Å². The summed E-state index contributed by atoms with van der Waals surface area (Å²) >= 11 is 0. The lowest BCUT2D eigenvalue weighted by molar-refractivity contribution is 0.0290. The third kappa shape index (κ3) is 2.68. The van der Waals surface area contributed by atoms with Crippen LogP contribution in [0, 0.1) is 0 Å². The molecule has 0 amide bonds. The number of nitrogens with zero attached hydrogens (tertiary/aromatic N) is 1. The van der Waals surface area contributed by atoms with Crippen molar-refractivity contribution in [1.82, 2.24) is 0 Å². The van der Waals surface area contributed by atoms with E-state index in [4.69, 9.17) is 10.4 Å². The molecule has 0 heterocycles. The van der Waals surface area contributed by atoms with Crippen LogP contribution in [0.15, 0.2) is 37.4 Å². The maximum absolute atomic E-state index is 9.07. The first-order valence-corrected chi connectivity index (χ1v) is 4.64. The summed E-state index contributed by atoms with van der Waals surface area (Å²) in [4.78, 5) is 0. The van der Waals surface area contributed by atoms with Crippen LogP contribution in [-0.2, 0) is 6.42 Å². The molecule has 0 atom stereocenters. The van der Waals surface area contributed by atoms with Crippen molar-refractivity contribution >= 4 is 11.3 Å². The first kappa shape index (κ1) is 11.5. The molecule has 0 aliphatic heterocycles. The van der Waals surface area contributed by atoms with Gasteiger partial charge in [0.25, 0.3) is 0 Å². The van der Waals surface area contributed by atoms with Crippen molar-refractivity contribution in [1.29, 1.82) is 0 Å². The minimum absolute atomic E-state index is 0.122. The van der Waals surface area contributed by atoms with Gasteiger partial charge in [-0.2, -0.15) is 0 Å². The van der Waals surface area contributed by atoms with Crippen LogP contribution in [0.1, 0.15) is 18.1 Å². The van der Waals surface area contributed by atoms with E-state index in [1.165, 1.54) is 0 Å². The van der Waals surface area contributed by atoms with Gasteiger partial charge in [0.1, 0.15) is 5.69 Å². The summed E-state index contributed by atoms with van der Waals surface area (Å²) in [6.45, 7) is 9.22. The molecule has 0 radical (unpaired) electrons. The highest BCUT2D eigenvalue weighted by Gasteiger charge is 2.08. The van der Waals surface area contributed by atoms with E-state index >= 15 is 0 Å². The largest absolute Gasteiger partial charge is 0.264 e. The fraction of sp³-hybridized carbons (Fsp3) is 0.167. The Balaban J connectivity index is 3.20. The van der Waals surface area contributed by atoms with Gasteiger partial charge in [-0.1, -0.05) is 24.8 Å². The molecule has 2 N–H and O–H groups in total. The zero-order valence-electron chi connectivity index (χ0n) is 8.77. The summed E-state index contributed by atoms with van der Waals surface area (Å²) in [5.74, 6) is 0. The molecular weight excluding hydrogens is 190 g/mol. The lowest BCUT2D eigenvalue weighted by atomic mass is 10.0. The van der Waals surface area contributed by atoms with Gasteiger partial charge in [0.05, 0.1) is 0 Å². The fourth-order valence-electron chi connectivity index (χ4n) is 1.40. The second-order valence-electron chi connectivity index (χ2n) is 3.41. The molecule has 0 aliphatic carbocycles. The van der Waals surface area contributed by atoms with Gasteiger partial charge < -0.3 is 0 Å². The van der Waals surface area contributed by atoms with Crippen LogP contribution < -0.4 is 5.23 Å². The van der Waals surface area contributed by atoms with Crippen molar-refractivity contribution in [2.45, 2.75) is 13.3 Å². The van der Waals surface area contributed by atoms with Crippen molar-refractivity contribution < 1.29 is 10.4 Å². The van der Waals surface area contributed by atoms with Gasteiger partial charge in [0, 0.05) is 5.56 Å². The Hall–Kier alpha value is -1.58. The number of hydrogen-bond donors (Lipinski definition) is 2. The van der Waals surface area contributed by atoms with Gasteiger partial charge in [-0.15, -0.1) is 11.8 Å². The molecule has 0 aliphatic rings. The van der Waals surface area contributed by atoms with Crippen molar-refractivity contribution in [3.05, 3.63) is 48.6 Å². The maximum Gasteiger partial charge on any atom is 0.102 e. The van der Waals surface area contributed by atoms with E-state index in [1.54, 1.807) is 12.1 Å². The average Bonchev–Trinajstić information content (AvgIpc) is 2.17. The SMILES string of the molecule is C=CCc1ccc(C(=C)C)c(N(O)O)c1. The molecule has 1 aromatic carbocycles. The Bertz CT molecular complexity index is 383. The average molecular weight is 205 g/mol. The van der Waals surface area contributed by atoms with E-state index in [1.807, 2.05) is 19.1 Å². The van der Waals surface area contributed by atoms with Gasteiger partial charge in [-0.05, 0) is 30.5 Å². The molecule has 0 saturated heterocycles. The highest BCUT2D eigenvalue weighted by atomic mass is 16.8. The predicted octanol–water partition coefficient (Wildman–Crippen LogP) is 3.03. The Morgan fingerprint density at radius 3 is 2.60 bits per heavy atom. The van der Waals surface area contributed by atoms with E-state index < -0.39 is 0 Å². The van der Waals surface area contributed by atoms with Crippen LogP contribution in [0.5, 0.6) is 0 Å². The molecule has 0 bridgehead atoms. The topological polar surface area (TPSA) is 43.7 Å². The molecule has 0 unspecified atom stereocenters. The molecule has 80 valence electrons. The minimum atomic E-state index is 0.122. The van der Waals surface area contributed by atoms with Crippen LogP contribution in [-0.4, -0.2) is 10.4 Å². The summed E-state index contributed by atoms with van der Waals surface area (Å²) < 4.78 is 0. The van der Waals surface area contributed by atoms with Crippen molar-refractivity contribution in [2.24, 2.45) is 0 Å². The third-order valence-corrected chi connectivity index (χ3v) is 2.12. The molecule has 0 aromatic heterocycles. The van der Waals surface area contributed by atoms with Gasteiger partial charge in [0.2, 0.25) is 0 Å². The summed E-state index contributed by atoms with van der Waals surface area (Å²) in [6, 6.07) is 5.43. The first-order chi connectivity index (χ1) is 7.06. The summed E-state index contributed by atoms with van der Waals surface area (Å²) in [7, 11) is 0. The second kappa shape index (κ2) is 4.77. The van der Waals surface area contributed by atoms with Gasteiger partial charge in [0.15, 0.2) is 0 Å². The number of rotatable bonds is 4. The molecule has 3 heteroatoms. The third-order valence-electron chi connectivity index (χ3n) is 2.12. The highest BCUT2D eigenvalue weighted by Crippen LogP contribution is 2.26. The molecule has 1 aromatic rings. The second-order valence-corrected chi connectivity index (χ2v) is 3.41. The molecule has 1 rings (SSSR count). The minimum Gasteiger partial charge on any atom is -0.264 e. The normalized spacial score (nSPS) is 9.80. The van der Waals surface area contributed by atoms with Crippen molar-refractivity contribution in [2.75, 3.05) is 5.23 Å². The molecule has 0 saturated carbocycles. The molecular formula is C12H15NO2. The molecule has 3 nitrogen and oxygen atoms in total.